The maximum Gasteiger partial charge on any atom is 0.433 e. The van der Waals surface area contributed by atoms with E-state index in [4.69, 9.17) is 27.9 Å². The summed E-state index contributed by atoms with van der Waals surface area (Å²) in [5.74, 6) is 0.780. The van der Waals surface area contributed by atoms with Crippen molar-refractivity contribution in [2.75, 3.05) is 7.11 Å². The number of methoxy groups -OCH3 is 1. The minimum atomic E-state index is -4.63. The lowest BCUT2D eigenvalue weighted by molar-refractivity contribution is -0.141. The third-order valence-corrected chi connectivity index (χ3v) is 5.41. The topological polar surface area (TPSA) is 70.7 Å². The Morgan fingerprint density at radius 2 is 1.97 bits per heavy atom. The smallest absolute Gasteiger partial charge is 0.433 e. The van der Waals surface area contributed by atoms with Crippen molar-refractivity contribution in [3.8, 4) is 17.1 Å². The summed E-state index contributed by atoms with van der Waals surface area (Å²) in [6, 6.07) is 5.90. The number of hydrogen-bond donors (Lipinski definition) is 0. The van der Waals surface area contributed by atoms with Gasteiger partial charge in [-0.1, -0.05) is 29.3 Å². The van der Waals surface area contributed by atoms with Crippen molar-refractivity contribution in [2.45, 2.75) is 25.7 Å². The highest BCUT2D eigenvalue weighted by Gasteiger charge is 2.34. The molecule has 0 saturated carbocycles. The molecule has 12 heteroatoms. The molecule has 7 nitrogen and oxygen atoms in total. The van der Waals surface area contributed by atoms with Gasteiger partial charge in [-0.15, -0.1) is 0 Å². The van der Waals surface area contributed by atoms with E-state index in [9.17, 15) is 13.2 Å². The van der Waals surface area contributed by atoms with E-state index in [0.29, 0.717) is 34.4 Å². The predicted octanol–water partition coefficient (Wildman–Crippen LogP) is 5.16. The van der Waals surface area contributed by atoms with E-state index in [-0.39, 0.29) is 23.7 Å². The minimum absolute atomic E-state index is 0.117. The zero-order valence-electron chi connectivity index (χ0n) is 17.2. The van der Waals surface area contributed by atoms with Gasteiger partial charge in [-0.25, -0.2) is 19.6 Å². The van der Waals surface area contributed by atoms with Gasteiger partial charge in [0.15, 0.2) is 11.6 Å². The third kappa shape index (κ3) is 5.28. The first-order valence-electron chi connectivity index (χ1n) is 9.69. The second-order valence-corrected chi connectivity index (χ2v) is 7.91. The highest BCUT2D eigenvalue weighted by molar-refractivity contribution is 6.35. The number of aromatic nitrogens is 6. The van der Waals surface area contributed by atoms with Gasteiger partial charge in [0.05, 0.1) is 31.7 Å². The van der Waals surface area contributed by atoms with Crippen LogP contribution in [0.15, 0.2) is 49.2 Å². The van der Waals surface area contributed by atoms with Crippen molar-refractivity contribution in [1.29, 1.82) is 0 Å². The van der Waals surface area contributed by atoms with E-state index in [1.54, 1.807) is 36.9 Å². The molecular weight excluding hydrogens is 480 g/mol. The lowest BCUT2D eigenvalue weighted by Crippen LogP contribution is -2.10. The number of pyridine rings is 1. The van der Waals surface area contributed by atoms with Crippen molar-refractivity contribution in [1.82, 2.24) is 29.3 Å². The van der Waals surface area contributed by atoms with Gasteiger partial charge in [0.1, 0.15) is 11.4 Å². The molecule has 0 spiro atoms. The highest BCUT2D eigenvalue weighted by Crippen LogP contribution is 2.35. The maximum atomic E-state index is 13.4. The van der Waals surface area contributed by atoms with Crippen molar-refractivity contribution in [3.05, 3.63) is 76.3 Å². The quantitative estimate of drug-likeness (QED) is 0.353. The maximum absolute atomic E-state index is 13.4. The van der Waals surface area contributed by atoms with Crippen LogP contribution >= 0.6 is 23.2 Å². The Bertz CT molecular complexity index is 1260. The van der Waals surface area contributed by atoms with Crippen molar-refractivity contribution < 1.29 is 17.9 Å². The van der Waals surface area contributed by atoms with E-state index < -0.39 is 11.9 Å². The molecule has 172 valence electrons. The van der Waals surface area contributed by atoms with E-state index in [1.165, 1.54) is 11.8 Å². The summed E-state index contributed by atoms with van der Waals surface area (Å²) in [4.78, 5) is 12.0. The normalized spacial score (nSPS) is 11.7. The first kappa shape index (κ1) is 23.1. The summed E-state index contributed by atoms with van der Waals surface area (Å²) in [5, 5.41) is 5.41. The van der Waals surface area contributed by atoms with Crippen LogP contribution in [0.5, 0.6) is 5.75 Å². The molecule has 0 radical (unpaired) electrons. The largest absolute Gasteiger partial charge is 0.494 e. The van der Waals surface area contributed by atoms with Gasteiger partial charge in [0.2, 0.25) is 0 Å². The van der Waals surface area contributed by atoms with Crippen LogP contribution in [0.4, 0.5) is 13.2 Å². The molecule has 3 aromatic heterocycles. The molecule has 4 rings (SSSR count). The van der Waals surface area contributed by atoms with Gasteiger partial charge < -0.3 is 9.30 Å². The first-order chi connectivity index (χ1) is 15.7. The fourth-order valence-electron chi connectivity index (χ4n) is 3.20. The van der Waals surface area contributed by atoms with Crippen LogP contribution in [0.1, 0.15) is 17.1 Å². The molecule has 0 aliphatic rings. The second kappa shape index (κ2) is 9.40. The van der Waals surface area contributed by atoms with Crippen molar-refractivity contribution >= 4 is 23.2 Å². The summed E-state index contributed by atoms with van der Waals surface area (Å²) < 4.78 is 48.7. The molecule has 0 unspecified atom stereocenters. The first-order valence-corrected chi connectivity index (χ1v) is 10.4. The molecule has 0 fully saturated rings. The Morgan fingerprint density at radius 3 is 2.64 bits per heavy atom. The highest BCUT2D eigenvalue weighted by atomic mass is 35.5. The van der Waals surface area contributed by atoms with Crippen LogP contribution in [-0.4, -0.2) is 36.4 Å². The summed E-state index contributed by atoms with van der Waals surface area (Å²) in [5.41, 5.74) is -0.263. The standard InChI is InChI=1S/C21H17Cl2F3N6O/c1-33-17-10-28-18(21(24,25)26)9-15(17)20-29-19(4-6-31-7-5-27-12-31)30-32(20)11-13-2-3-14(22)8-16(13)23/h2-3,5,7-10,12H,4,6,11H2,1H3. The molecule has 0 atom stereocenters. The average molecular weight is 497 g/mol. The summed E-state index contributed by atoms with van der Waals surface area (Å²) in [7, 11) is 1.35. The number of halogens is 5. The zero-order valence-corrected chi connectivity index (χ0v) is 18.7. The Balaban J connectivity index is 1.78. The molecule has 0 N–H and O–H groups in total. The molecule has 0 amide bonds. The van der Waals surface area contributed by atoms with Gasteiger partial charge in [-0.2, -0.15) is 18.3 Å². The molecule has 4 aromatic rings. The fourth-order valence-corrected chi connectivity index (χ4v) is 3.67. The van der Waals surface area contributed by atoms with Crippen LogP contribution in [-0.2, 0) is 25.7 Å². The van der Waals surface area contributed by atoms with Crippen molar-refractivity contribution in [3.63, 3.8) is 0 Å². The van der Waals surface area contributed by atoms with Crippen LogP contribution < -0.4 is 4.74 Å². The van der Waals surface area contributed by atoms with Crippen LogP contribution in [0.3, 0.4) is 0 Å². The Kier molecular flexibility index (Phi) is 6.57. The molecule has 0 aliphatic heterocycles. The van der Waals surface area contributed by atoms with Gasteiger partial charge in [0.25, 0.3) is 0 Å². The zero-order chi connectivity index (χ0) is 23.6. The molecule has 0 bridgehead atoms. The summed E-state index contributed by atoms with van der Waals surface area (Å²) >= 11 is 12.3. The molecule has 1 aromatic carbocycles. The number of hydrogen-bond acceptors (Lipinski definition) is 5. The van der Waals surface area contributed by atoms with Crippen LogP contribution in [0.25, 0.3) is 11.4 Å². The number of aryl methyl sites for hydroxylation is 2. The number of nitrogens with zero attached hydrogens (tertiary/aromatic N) is 6. The predicted molar refractivity (Wildman–Crippen MR) is 116 cm³/mol. The number of rotatable bonds is 7. The number of imidazole rings is 1. The fraction of sp³-hybridized carbons (Fsp3) is 0.238. The van der Waals surface area contributed by atoms with E-state index in [0.717, 1.165) is 12.3 Å². The lowest BCUT2D eigenvalue weighted by Gasteiger charge is -2.13. The Labute approximate surface area is 196 Å². The monoisotopic (exact) mass is 496 g/mol. The van der Waals surface area contributed by atoms with Gasteiger partial charge in [-0.05, 0) is 23.8 Å². The molecule has 33 heavy (non-hydrogen) atoms. The minimum Gasteiger partial charge on any atom is -0.494 e. The van der Waals surface area contributed by atoms with E-state index >= 15 is 0 Å². The van der Waals surface area contributed by atoms with Crippen LogP contribution in [0, 0.1) is 0 Å². The molecular formula is C21H17Cl2F3N6O. The molecule has 0 aliphatic carbocycles. The molecule has 0 saturated heterocycles. The van der Waals surface area contributed by atoms with Crippen LogP contribution in [0.2, 0.25) is 10.0 Å². The summed E-state index contributed by atoms with van der Waals surface area (Å²) in [6.07, 6.45) is 1.94. The van der Waals surface area contributed by atoms with Gasteiger partial charge >= 0.3 is 6.18 Å². The second-order valence-electron chi connectivity index (χ2n) is 7.06. The third-order valence-electron chi connectivity index (χ3n) is 4.82. The number of alkyl halides is 3. The Morgan fingerprint density at radius 1 is 1.15 bits per heavy atom. The van der Waals surface area contributed by atoms with Gasteiger partial charge in [-0.3, -0.25) is 0 Å². The number of ether oxygens (including phenoxy) is 1. The van der Waals surface area contributed by atoms with Gasteiger partial charge in [0, 0.05) is 35.4 Å². The van der Waals surface area contributed by atoms with E-state index in [2.05, 4.69) is 20.1 Å². The SMILES string of the molecule is COc1cnc(C(F)(F)F)cc1-c1nc(CCn2ccnc2)nn1Cc1ccc(Cl)cc1Cl. The Hall–Kier alpha value is -3.11. The average Bonchev–Trinajstić information content (AvgIpc) is 3.43. The lowest BCUT2D eigenvalue weighted by atomic mass is 10.1. The van der Waals surface area contributed by atoms with E-state index in [1.807, 2.05) is 4.57 Å². The van der Waals surface area contributed by atoms with Crippen molar-refractivity contribution in [2.24, 2.45) is 0 Å². The number of benzene rings is 1. The summed E-state index contributed by atoms with van der Waals surface area (Å²) in [6.45, 7) is 0.711. The molecule has 3 heterocycles.